The van der Waals surface area contributed by atoms with Crippen LogP contribution in [-0.2, 0) is 15.8 Å². The van der Waals surface area contributed by atoms with E-state index in [1.54, 1.807) is 24.4 Å². The quantitative estimate of drug-likeness (QED) is 0.430. The summed E-state index contributed by atoms with van der Waals surface area (Å²) in [5.41, 5.74) is 0.171. The van der Waals surface area contributed by atoms with Crippen LogP contribution in [0, 0.1) is 0 Å². The number of anilines is 1. The van der Waals surface area contributed by atoms with E-state index in [4.69, 9.17) is 9.72 Å². The Labute approximate surface area is 232 Å². The Bertz CT molecular complexity index is 1500. The van der Waals surface area contributed by atoms with Crippen LogP contribution in [0.25, 0.3) is 21.0 Å². The van der Waals surface area contributed by atoms with Crippen molar-refractivity contribution in [3.8, 4) is 0 Å². The molecule has 2 amide bonds. The normalized spacial score (nSPS) is 19.1. The molecule has 2 N–H and O–H groups in total. The number of likely N-dealkylation sites (tertiary alicyclic amines) is 1. The van der Waals surface area contributed by atoms with Crippen molar-refractivity contribution in [2.24, 2.45) is 0 Å². The number of nitrogens with one attached hydrogen (secondary N) is 2. The highest BCUT2D eigenvalue weighted by atomic mass is 32.2. The minimum atomic E-state index is -2.30. The molecule has 10 nitrogen and oxygen atoms in total. The van der Waals surface area contributed by atoms with Crippen molar-refractivity contribution in [1.82, 2.24) is 20.2 Å². The first-order chi connectivity index (χ1) is 18.6. The Morgan fingerprint density at radius 2 is 2.00 bits per heavy atom. The number of rotatable bonds is 5. The highest BCUT2D eigenvalue weighted by Crippen LogP contribution is 2.33. The number of hydrogen-bond donors (Lipinski definition) is 2. The number of benzene rings is 1. The van der Waals surface area contributed by atoms with Crippen molar-refractivity contribution in [3.63, 3.8) is 0 Å². The molecule has 2 aromatic heterocycles. The number of nitrogens with zero attached hydrogens (tertiary/aromatic N) is 3. The third-order valence-electron chi connectivity index (χ3n) is 6.51. The van der Waals surface area contributed by atoms with Crippen molar-refractivity contribution < 1.29 is 23.1 Å². The highest BCUT2D eigenvalue weighted by molar-refractivity contribution is 7.83. The minimum absolute atomic E-state index is 0.0305. The van der Waals surface area contributed by atoms with Gasteiger partial charge < -0.3 is 24.8 Å². The van der Waals surface area contributed by atoms with Crippen LogP contribution in [0.15, 0.2) is 47.5 Å². The Hall–Kier alpha value is -3.35. The van der Waals surface area contributed by atoms with Crippen LogP contribution in [0.5, 0.6) is 0 Å². The lowest BCUT2D eigenvalue weighted by Crippen LogP contribution is -2.47. The topological polar surface area (TPSA) is 137 Å². The second-order valence-electron chi connectivity index (χ2n) is 10.6. The zero-order chi connectivity index (χ0) is 27.7. The van der Waals surface area contributed by atoms with E-state index in [-0.39, 0.29) is 22.9 Å². The average Bonchev–Trinajstić information content (AvgIpc) is 3.33. The molecule has 39 heavy (non-hydrogen) atoms. The predicted molar refractivity (Wildman–Crippen MR) is 151 cm³/mol. The fourth-order valence-electron chi connectivity index (χ4n) is 4.67. The minimum Gasteiger partial charge on any atom is -0.768 e. The summed E-state index contributed by atoms with van der Waals surface area (Å²) in [5, 5.41) is 7.82. The van der Waals surface area contributed by atoms with E-state index in [0.29, 0.717) is 43.2 Å². The standard InChI is InChI=1S/C27H31N5O5S2/c1-27(2,3)37-26(34)30-17-9-11-32(12-10-17)24(33)22-14-20-21(38-22)8-7-16-15-28-25(31-23(16)20)29-18-5-4-6-19(13-18)39(35)36/h4,6-8,13-15,17-18H,5,9-12H2,1-3H3,(H,30,34)(H,35,36)(H,28,29,31)/p-1. The van der Waals surface area contributed by atoms with Crippen molar-refractivity contribution in [2.75, 3.05) is 18.4 Å². The molecule has 1 saturated heterocycles. The van der Waals surface area contributed by atoms with E-state index < -0.39 is 22.8 Å². The van der Waals surface area contributed by atoms with Gasteiger partial charge in [-0.3, -0.25) is 9.00 Å². The van der Waals surface area contributed by atoms with Crippen LogP contribution in [0.3, 0.4) is 0 Å². The van der Waals surface area contributed by atoms with Gasteiger partial charge in [0.05, 0.1) is 16.4 Å². The van der Waals surface area contributed by atoms with Crippen LogP contribution in [0.1, 0.15) is 49.7 Å². The number of allylic oxidation sites excluding steroid dienone is 1. The number of aromatic nitrogens is 2. The molecule has 2 aliphatic rings. The van der Waals surface area contributed by atoms with E-state index in [1.165, 1.54) is 11.3 Å². The summed E-state index contributed by atoms with van der Waals surface area (Å²) in [6.07, 6.45) is 8.25. The lowest BCUT2D eigenvalue weighted by molar-refractivity contribution is 0.0474. The summed E-state index contributed by atoms with van der Waals surface area (Å²) < 4.78 is 28.9. The van der Waals surface area contributed by atoms with E-state index in [9.17, 15) is 18.4 Å². The van der Waals surface area contributed by atoms with Gasteiger partial charge in [0.25, 0.3) is 5.91 Å². The van der Waals surface area contributed by atoms with E-state index in [0.717, 1.165) is 21.0 Å². The van der Waals surface area contributed by atoms with Crippen molar-refractivity contribution in [1.29, 1.82) is 0 Å². The highest BCUT2D eigenvalue weighted by Gasteiger charge is 2.27. The van der Waals surface area contributed by atoms with Gasteiger partial charge in [-0.2, -0.15) is 0 Å². The maximum absolute atomic E-state index is 13.4. The number of carbonyl (C=O) groups is 2. The number of carbonyl (C=O) groups excluding carboxylic acids is 2. The summed E-state index contributed by atoms with van der Waals surface area (Å²) in [5.74, 6) is 0.353. The van der Waals surface area contributed by atoms with Crippen molar-refractivity contribution in [3.05, 3.63) is 52.4 Å². The van der Waals surface area contributed by atoms with Crippen molar-refractivity contribution in [2.45, 2.75) is 57.7 Å². The zero-order valence-electron chi connectivity index (χ0n) is 21.9. The monoisotopic (exact) mass is 568 g/mol. The van der Waals surface area contributed by atoms with Gasteiger partial charge in [-0.25, -0.2) is 14.8 Å². The van der Waals surface area contributed by atoms with Crippen LogP contribution >= 0.6 is 11.3 Å². The van der Waals surface area contributed by atoms with Gasteiger partial charge >= 0.3 is 6.09 Å². The van der Waals surface area contributed by atoms with Gasteiger partial charge in [0.2, 0.25) is 5.95 Å². The smallest absolute Gasteiger partial charge is 0.407 e. The predicted octanol–water partition coefficient (Wildman–Crippen LogP) is 4.48. The Morgan fingerprint density at radius 1 is 1.23 bits per heavy atom. The Kier molecular flexibility index (Phi) is 7.70. The van der Waals surface area contributed by atoms with Crippen LogP contribution < -0.4 is 10.6 Å². The maximum Gasteiger partial charge on any atom is 0.407 e. The molecule has 12 heteroatoms. The number of hydrogen-bond acceptors (Lipinski definition) is 9. The first kappa shape index (κ1) is 27.2. The van der Waals surface area contributed by atoms with E-state index in [2.05, 4.69) is 15.6 Å². The summed E-state index contributed by atoms with van der Waals surface area (Å²) in [4.78, 5) is 37.2. The molecule has 2 atom stereocenters. The summed E-state index contributed by atoms with van der Waals surface area (Å²) in [6, 6.07) is 5.51. The molecule has 1 aliphatic carbocycles. The molecule has 0 bridgehead atoms. The molecule has 1 aliphatic heterocycles. The maximum atomic E-state index is 13.4. The molecule has 0 spiro atoms. The van der Waals surface area contributed by atoms with E-state index in [1.807, 2.05) is 43.9 Å². The van der Waals surface area contributed by atoms with Gasteiger partial charge in [-0.15, -0.1) is 11.3 Å². The molecule has 206 valence electrons. The largest absolute Gasteiger partial charge is 0.768 e. The van der Waals surface area contributed by atoms with E-state index >= 15 is 0 Å². The molecule has 0 radical (unpaired) electrons. The lowest BCUT2D eigenvalue weighted by atomic mass is 10.0. The van der Waals surface area contributed by atoms with Gasteiger partial charge in [-0.05, 0) is 75.4 Å². The molecule has 1 aromatic carbocycles. The SMILES string of the molecule is CC(C)(C)OC(=O)NC1CCN(C(=O)c2cc3c(ccc4cnc(NC5C=C(S(=O)[O-])C=CC5)nc43)s2)CC1. The molecule has 3 heterocycles. The fraction of sp³-hybridized carbons (Fsp3) is 0.407. The van der Waals surface area contributed by atoms with Crippen molar-refractivity contribution >= 4 is 61.4 Å². The molecule has 2 unspecified atom stereocenters. The number of alkyl carbamates (subject to hydrolysis) is 1. The number of amides is 2. The summed E-state index contributed by atoms with van der Waals surface area (Å²) >= 11 is -0.872. The molecule has 5 rings (SSSR count). The summed E-state index contributed by atoms with van der Waals surface area (Å²) in [7, 11) is 0. The number of thiophene rings is 1. The van der Waals surface area contributed by atoms with Crippen LogP contribution in [0.4, 0.5) is 10.7 Å². The van der Waals surface area contributed by atoms with Crippen LogP contribution in [-0.4, -0.2) is 66.4 Å². The third-order valence-corrected chi connectivity index (χ3v) is 8.25. The average molecular weight is 569 g/mol. The number of piperidine rings is 1. The Morgan fingerprint density at radius 3 is 2.72 bits per heavy atom. The van der Waals surface area contributed by atoms with Crippen LogP contribution in [0.2, 0.25) is 0 Å². The second-order valence-corrected chi connectivity index (χ2v) is 12.6. The third kappa shape index (κ3) is 6.45. The first-order valence-corrected chi connectivity index (χ1v) is 14.7. The second kappa shape index (κ2) is 11.0. The Balaban J connectivity index is 1.29. The molecule has 1 fully saturated rings. The van der Waals surface area contributed by atoms with Gasteiger partial charge in [0, 0.05) is 45.7 Å². The van der Waals surface area contributed by atoms with Gasteiger partial charge in [0.1, 0.15) is 5.60 Å². The fourth-order valence-corrected chi connectivity index (χ4v) is 6.18. The summed E-state index contributed by atoms with van der Waals surface area (Å²) in [6.45, 7) is 6.57. The van der Waals surface area contributed by atoms with Gasteiger partial charge in [-0.1, -0.05) is 12.2 Å². The molecular weight excluding hydrogens is 538 g/mol. The van der Waals surface area contributed by atoms with Gasteiger partial charge in [0.15, 0.2) is 0 Å². The number of fused-ring (bicyclic) bond motifs is 3. The zero-order valence-corrected chi connectivity index (χ0v) is 23.6. The molecular formula is C27H30N5O5S2-. The first-order valence-electron chi connectivity index (χ1n) is 12.8. The lowest BCUT2D eigenvalue weighted by Gasteiger charge is -2.32. The number of ether oxygens (including phenoxy) is 1. The molecule has 3 aromatic rings. The molecule has 0 saturated carbocycles.